The highest BCUT2D eigenvalue weighted by atomic mass is 35.5. The van der Waals surface area contributed by atoms with Gasteiger partial charge in [0.15, 0.2) is 23.9 Å². The zero-order chi connectivity index (χ0) is 16.2. The molecule has 0 atom stereocenters. The summed E-state index contributed by atoms with van der Waals surface area (Å²) in [5.41, 5.74) is 0.493. The van der Waals surface area contributed by atoms with Crippen LogP contribution in [0.1, 0.15) is 16.8 Å². The summed E-state index contributed by atoms with van der Waals surface area (Å²) >= 11 is 11.9. The van der Waals surface area contributed by atoms with Crippen LogP contribution in [0.25, 0.3) is 0 Å². The second kappa shape index (κ2) is 7.11. The highest BCUT2D eigenvalue weighted by molar-refractivity contribution is 6.42. The van der Waals surface area contributed by atoms with Gasteiger partial charge in [0, 0.05) is 12.0 Å². The number of carbonyl (C=O) groups is 1. The van der Waals surface area contributed by atoms with Gasteiger partial charge >= 0.3 is 0 Å². The molecule has 3 rings (SSSR count). The van der Waals surface area contributed by atoms with Gasteiger partial charge in [0.2, 0.25) is 0 Å². The number of hydrogen-bond acceptors (Lipinski definition) is 4. The minimum absolute atomic E-state index is 0.139. The minimum Gasteiger partial charge on any atom is -0.490 e. The Morgan fingerprint density at radius 3 is 2.70 bits per heavy atom. The number of ether oxygens (including phenoxy) is 3. The van der Waals surface area contributed by atoms with E-state index in [1.165, 1.54) is 0 Å². The first-order valence-electron chi connectivity index (χ1n) is 7.15. The lowest BCUT2D eigenvalue weighted by molar-refractivity contribution is 0.0921. The van der Waals surface area contributed by atoms with Crippen LogP contribution in [-0.2, 0) is 0 Å². The van der Waals surface area contributed by atoms with Gasteiger partial charge in [0.05, 0.1) is 18.2 Å². The van der Waals surface area contributed by atoms with Gasteiger partial charge in [-0.05, 0) is 30.3 Å². The van der Waals surface area contributed by atoms with E-state index in [9.17, 15) is 4.79 Å². The van der Waals surface area contributed by atoms with Gasteiger partial charge in [0.25, 0.3) is 0 Å². The Bertz CT molecular complexity index is 731. The molecule has 0 unspecified atom stereocenters. The first kappa shape index (κ1) is 16.0. The highest BCUT2D eigenvalue weighted by Gasteiger charge is 2.15. The molecule has 0 aromatic heterocycles. The summed E-state index contributed by atoms with van der Waals surface area (Å²) in [7, 11) is 0. The Kier molecular flexibility index (Phi) is 4.94. The van der Waals surface area contributed by atoms with Gasteiger partial charge in [-0.3, -0.25) is 4.79 Å². The van der Waals surface area contributed by atoms with E-state index in [1.54, 1.807) is 36.4 Å². The Morgan fingerprint density at radius 2 is 1.87 bits per heavy atom. The topological polar surface area (TPSA) is 44.8 Å². The van der Waals surface area contributed by atoms with Crippen molar-refractivity contribution < 1.29 is 19.0 Å². The van der Waals surface area contributed by atoms with Gasteiger partial charge in [-0.2, -0.15) is 0 Å². The third-order valence-corrected chi connectivity index (χ3v) is 4.15. The molecule has 2 aromatic rings. The second-order valence-corrected chi connectivity index (χ2v) is 5.76. The summed E-state index contributed by atoms with van der Waals surface area (Å²) in [5.74, 6) is 1.42. The standard InChI is InChI=1S/C17H14Cl2O4/c18-12-3-1-4-15(17(12)19)23-10-13(20)11-5-6-14-16(9-11)22-8-2-7-21-14/h1,3-6,9H,2,7-8,10H2. The van der Waals surface area contributed by atoms with Crippen molar-refractivity contribution in [2.24, 2.45) is 0 Å². The van der Waals surface area contributed by atoms with E-state index < -0.39 is 0 Å². The molecule has 0 radical (unpaired) electrons. The average molecular weight is 353 g/mol. The molecule has 0 amide bonds. The van der Waals surface area contributed by atoms with E-state index in [0.717, 1.165) is 6.42 Å². The summed E-state index contributed by atoms with van der Waals surface area (Å²) in [6.07, 6.45) is 0.814. The lowest BCUT2D eigenvalue weighted by Crippen LogP contribution is -2.12. The molecule has 0 saturated carbocycles. The van der Waals surface area contributed by atoms with E-state index in [4.69, 9.17) is 37.4 Å². The number of fused-ring (bicyclic) bond motifs is 1. The Morgan fingerprint density at radius 1 is 1.09 bits per heavy atom. The molecule has 1 aliphatic heterocycles. The summed E-state index contributed by atoms with van der Waals surface area (Å²) in [5, 5.41) is 0.674. The van der Waals surface area contributed by atoms with E-state index in [0.29, 0.717) is 46.1 Å². The van der Waals surface area contributed by atoms with Crippen molar-refractivity contribution in [2.45, 2.75) is 6.42 Å². The molecule has 0 saturated heterocycles. The molecule has 120 valence electrons. The molecule has 1 heterocycles. The van der Waals surface area contributed by atoms with E-state index >= 15 is 0 Å². The van der Waals surface area contributed by atoms with Gasteiger partial charge < -0.3 is 14.2 Å². The van der Waals surface area contributed by atoms with Crippen molar-refractivity contribution in [3.8, 4) is 17.2 Å². The number of hydrogen-bond donors (Lipinski definition) is 0. The average Bonchev–Trinajstić information content (AvgIpc) is 2.80. The van der Waals surface area contributed by atoms with Crippen molar-refractivity contribution in [3.05, 3.63) is 52.0 Å². The Balaban J connectivity index is 1.71. The van der Waals surface area contributed by atoms with Crippen molar-refractivity contribution >= 4 is 29.0 Å². The van der Waals surface area contributed by atoms with Crippen molar-refractivity contribution in [2.75, 3.05) is 19.8 Å². The normalized spacial score (nSPS) is 13.3. The molecule has 6 heteroatoms. The van der Waals surface area contributed by atoms with Crippen LogP contribution in [0.3, 0.4) is 0 Å². The molecule has 0 fully saturated rings. The van der Waals surface area contributed by atoms with Crippen molar-refractivity contribution in [1.29, 1.82) is 0 Å². The van der Waals surface area contributed by atoms with Crippen molar-refractivity contribution in [3.63, 3.8) is 0 Å². The van der Waals surface area contributed by atoms with Crippen LogP contribution in [-0.4, -0.2) is 25.6 Å². The Labute approximate surface area is 143 Å². The van der Waals surface area contributed by atoms with Gasteiger partial charge in [-0.15, -0.1) is 0 Å². The summed E-state index contributed by atoms with van der Waals surface area (Å²) in [6.45, 7) is 1.04. The largest absolute Gasteiger partial charge is 0.490 e. The number of carbonyl (C=O) groups excluding carboxylic acids is 1. The van der Waals surface area contributed by atoms with Crippen LogP contribution in [0.15, 0.2) is 36.4 Å². The molecule has 2 aromatic carbocycles. The van der Waals surface area contributed by atoms with Crippen LogP contribution < -0.4 is 14.2 Å². The number of rotatable bonds is 4. The van der Waals surface area contributed by atoms with Crippen LogP contribution in [0.5, 0.6) is 17.2 Å². The number of halogens is 2. The van der Waals surface area contributed by atoms with E-state index in [-0.39, 0.29) is 12.4 Å². The first-order chi connectivity index (χ1) is 11.1. The first-order valence-corrected chi connectivity index (χ1v) is 7.90. The maximum atomic E-state index is 12.3. The van der Waals surface area contributed by atoms with Crippen LogP contribution in [0.4, 0.5) is 0 Å². The highest BCUT2D eigenvalue weighted by Crippen LogP contribution is 2.32. The lowest BCUT2D eigenvalue weighted by Gasteiger charge is -2.10. The minimum atomic E-state index is -0.184. The number of benzene rings is 2. The number of Topliss-reactive ketones (excluding diaryl/α,β-unsaturated/α-hetero) is 1. The number of ketones is 1. The predicted molar refractivity (Wildman–Crippen MR) is 88.3 cm³/mol. The fraction of sp³-hybridized carbons (Fsp3) is 0.235. The monoisotopic (exact) mass is 352 g/mol. The molecule has 0 spiro atoms. The van der Waals surface area contributed by atoms with E-state index in [2.05, 4.69) is 0 Å². The van der Waals surface area contributed by atoms with Crippen LogP contribution >= 0.6 is 23.2 Å². The van der Waals surface area contributed by atoms with Crippen molar-refractivity contribution in [1.82, 2.24) is 0 Å². The second-order valence-electron chi connectivity index (χ2n) is 4.98. The molecular formula is C17H14Cl2O4. The molecule has 0 aliphatic carbocycles. The maximum Gasteiger partial charge on any atom is 0.200 e. The molecule has 1 aliphatic rings. The van der Waals surface area contributed by atoms with Crippen LogP contribution in [0.2, 0.25) is 10.0 Å². The van der Waals surface area contributed by atoms with E-state index in [1.807, 2.05) is 0 Å². The molecule has 0 N–H and O–H groups in total. The van der Waals surface area contributed by atoms with Gasteiger partial charge in [0.1, 0.15) is 10.8 Å². The Hall–Kier alpha value is -1.91. The van der Waals surface area contributed by atoms with Gasteiger partial charge in [-0.25, -0.2) is 0 Å². The third-order valence-electron chi connectivity index (χ3n) is 3.34. The van der Waals surface area contributed by atoms with Gasteiger partial charge in [-0.1, -0.05) is 29.3 Å². The molecule has 23 heavy (non-hydrogen) atoms. The fourth-order valence-electron chi connectivity index (χ4n) is 2.16. The quantitative estimate of drug-likeness (QED) is 0.764. The fourth-order valence-corrected chi connectivity index (χ4v) is 2.51. The molecular weight excluding hydrogens is 339 g/mol. The van der Waals surface area contributed by atoms with Crippen LogP contribution in [0, 0.1) is 0 Å². The SMILES string of the molecule is O=C(COc1cccc(Cl)c1Cl)c1ccc2c(c1)OCCCO2. The maximum absolute atomic E-state index is 12.3. The molecule has 4 nitrogen and oxygen atoms in total. The molecule has 0 bridgehead atoms. The zero-order valence-corrected chi connectivity index (χ0v) is 13.7. The predicted octanol–water partition coefficient (Wildman–Crippen LogP) is 4.42. The lowest BCUT2D eigenvalue weighted by atomic mass is 10.1. The smallest absolute Gasteiger partial charge is 0.200 e. The summed E-state index contributed by atoms with van der Waals surface area (Å²) in [6, 6.07) is 10.1. The zero-order valence-electron chi connectivity index (χ0n) is 12.2. The third kappa shape index (κ3) is 3.71. The summed E-state index contributed by atoms with van der Waals surface area (Å²) in [4.78, 5) is 12.3. The summed E-state index contributed by atoms with van der Waals surface area (Å²) < 4.78 is 16.6.